The number of aromatic nitrogens is 3. The molecule has 1 saturated heterocycles. The molecule has 0 radical (unpaired) electrons. The largest absolute Gasteiger partial charge is 0.338 e. The Hall–Kier alpha value is -4.55. The van der Waals surface area contributed by atoms with Crippen molar-refractivity contribution in [2.45, 2.75) is 25.8 Å². The van der Waals surface area contributed by atoms with Crippen LogP contribution in [0.4, 0.5) is 5.69 Å². The second-order valence-corrected chi connectivity index (χ2v) is 9.75. The topological polar surface area (TPSA) is 107 Å². The molecule has 0 unspecified atom stereocenters. The number of benzene rings is 2. The summed E-state index contributed by atoms with van der Waals surface area (Å²) in [6.45, 7) is 2.79. The SMILES string of the molecule is CC(=O)Nc1cc(-c2ccc3ncc(-c4ccc(C#N)cc4)n3n2)ccc1C(=O)N1CCC(N(C)C)CC1. The molecule has 0 atom stereocenters. The second kappa shape index (κ2) is 10.4. The van der Waals surface area contributed by atoms with E-state index in [1.165, 1.54) is 6.92 Å². The number of fused-ring (bicyclic) bond motifs is 1. The van der Waals surface area contributed by atoms with Crippen LogP contribution < -0.4 is 5.32 Å². The van der Waals surface area contributed by atoms with Crippen molar-refractivity contribution in [1.29, 1.82) is 5.26 Å². The van der Waals surface area contributed by atoms with Crippen molar-refractivity contribution in [3.05, 3.63) is 71.9 Å². The van der Waals surface area contributed by atoms with Crippen LogP contribution in [-0.4, -0.2) is 69.4 Å². The zero-order valence-electron chi connectivity index (χ0n) is 21.7. The van der Waals surface area contributed by atoms with E-state index >= 15 is 0 Å². The monoisotopic (exact) mass is 507 g/mol. The van der Waals surface area contributed by atoms with Gasteiger partial charge in [0.1, 0.15) is 0 Å². The molecule has 1 aliphatic heterocycles. The normalized spacial score (nSPS) is 14.0. The molecular weight excluding hydrogens is 478 g/mol. The molecule has 0 bridgehead atoms. The Balaban J connectivity index is 1.47. The van der Waals surface area contributed by atoms with Gasteiger partial charge in [-0.2, -0.15) is 10.4 Å². The smallest absolute Gasteiger partial charge is 0.255 e. The van der Waals surface area contributed by atoms with Crippen LogP contribution in [0.2, 0.25) is 0 Å². The fourth-order valence-electron chi connectivity index (χ4n) is 4.88. The van der Waals surface area contributed by atoms with Crippen LogP contribution in [0.5, 0.6) is 0 Å². The zero-order chi connectivity index (χ0) is 26.8. The molecule has 192 valence electrons. The van der Waals surface area contributed by atoms with Gasteiger partial charge < -0.3 is 15.1 Å². The first kappa shape index (κ1) is 25.1. The lowest BCUT2D eigenvalue weighted by molar-refractivity contribution is -0.114. The van der Waals surface area contributed by atoms with E-state index in [1.807, 2.05) is 35.2 Å². The van der Waals surface area contributed by atoms with Gasteiger partial charge in [0, 0.05) is 37.2 Å². The first-order chi connectivity index (χ1) is 18.3. The van der Waals surface area contributed by atoms with Crippen LogP contribution in [0.1, 0.15) is 35.7 Å². The summed E-state index contributed by atoms with van der Waals surface area (Å²) < 4.78 is 1.75. The lowest BCUT2D eigenvalue weighted by Gasteiger charge is -2.35. The molecule has 38 heavy (non-hydrogen) atoms. The zero-order valence-corrected chi connectivity index (χ0v) is 21.7. The van der Waals surface area contributed by atoms with Crippen molar-refractivity contribution < 1.29 is 9.59 Å². The highest BCUT2D eigenvalue weighted by atomic mass is 16.2. The van der Waals surface area contributed by atoms with E-state index in [-0.39, 0.29) is 11.8 Å². The minimum atomic E-state index is -0.247. The predicted octanol–water partition coefficient (Wildman–Crippen LogP) is 4.06. The predicted molar refractivity (Wildman–Crippen MR) is 145 cm³/mol. The third-order valence-electron chi connectivity index (χ3n) is 7.01. The summed E-state index contributed by atoms with van der Waals surface area (Å²) in [5, 5.41) is 16.7. The van der Waals surface area contributed by atoms with E-state index in [9.17, 15) is 9.59 Å². The highest BCUT2D eigenvalue weighted by Gasteiger charge is 2.26. The molecule has 5 rings (SSSR count). The molecule has 1 aliphatic rings. The molecule has 1 N–H and O–H groups in total. The Kier molecular flexibility index (Phi) is 6.90. The van der Waals surface area contributed by atoms with Crippen LogP contribution in [0.25, 0.3) is 28.2 Å². The maximum Gasteiger partial charge on any atom is 0.255 e. The number of hydrogen-bond donors (Lipinski definition) is 1. The lowest BCUT2D eigenvalue weighted by atomic mass is 10.0. The Labute approximate surface area is 221 Å². The number of imidazole rings is 1. The number of anilines is 1. The standard InChI is InChI=1S/C29H29N7O2/c1-19(37)32-26-16-22(8-9-24(26)29(38)35-14-12-23(13-15-35)34(2)3)25-10-11-28-31-18-27(36(28)33-25)21-6-4-20(17-30)5-7-21/h4-11,16,18,23H,12-15H2,1-3H3,(H,32,37). The first-order valence-electron chi connectivity index (χ1n) is 12.6. The minimum absolute atomic E-state index is 0.0846. The van der Waals surface area contributed by atoms with Gasteiger partial charge in [-0.25, -0.2) is 9.50 Å². The van der Waals surface area contributed by atoms with Gasteiger partial charge in [-0.05, 0) is 63.3 Å². The van der Waals surface area contributed by atoms with Crippen molar-refractivity contribution in [1.82, 2.24) is 24.4 Å². The molecule has 4 aromatic rings. The molecule has 0 saturated carbocycles. The fourth-order valence-corrected chi connectivity index (χ4v) is 4.88. The number of likely N-dealkylation sites (tertiary alicyclic amines) is 1. The van der Waals surface area contributed by atoms with E-state index in [0.29, 0.717) is 47.3 Å². The van der Waals surface area contributed by atoms with Crippen molar-refractivity contribution in [2.75, 3.05) is 32.5 Å². The van der Waals surface area contributed by atoms with Crippen molar-refractivity contribution >= 4 is 23.1 Å². The molecule has 9 heteroatoms. The summed E-state index contributed by atoms with van der Waals surface area (Å²) in [6.07, 6.45) is 3.59. The Morgan fingerprint density at radius 3 is 2.39 bits per heavy atom. The van der Waals surface area contributed by atoms with Crippen molar-refractivity contribution in [2.24, 2.45) is 0 Å². The van der Waals surface area contributed by atoms with Crippen molar-refractivity contribution in [3.63, 3.8) is 0 Å². The molecule has 9 nitrogen and oxygen atoms in total. The number of piperidine rings is 1. The second-order valence-electron chi connectivity index (χ2n) is 9.75. The fraction of sp³-hybridized carbons (Fsp3) is 0.276. The third-order valence-corrected chi connectivity index (χ3v) is 7.01. The highest BCUT2D eigenvalue weighted by molar-refractivity contribution is 6.04. The number of amides is 2. The summed E-state index contributed by atoms with van der Waals surface area (Å²) in [4.78, 5) is 34.0. The maximum absolute atomic E-state index is 13.4. The van der Waals surface area contributed by atoms with Crippen LogP contribution in [0.15, 0.2) is 60.8 Å². The first-order valence-corrected chi connectivity index (χ1v) is 12.6. The van der Waals surface area contributed by atoms with E-state index in [4.69, 9.17) is 10.4 Å². The van der Waals surface area contributed by atoms with Gasteiger partial charge >= 0.3 is 0 Å². The van der Waals surface area contributed by atoms with Gasteiger partial charge in [-0.15, -0.1) is 0 Å². The maximum atomic E-state index is 13.4. The van der Waals surface area contributed by atoms with Gasteiger partial charge in [0.25, 0.3) is 5.91 Å². The lowest BCUT2D eigenvalue weighted by Crippen LogP contribution is -2.44. The Bertz CT molecular complexity index is 1540. The van der Waals surface area contributed by atoms with Gasteiger partial charge in [-0.1, -0.05) is 18.2 Å². The molecule has 1 fully saturated rings. The number of carbonyl (C=O) groups is 2. The minimum Gasteiger partial charge on any atom is -0.338 e. The van der Waals surface area contributed by atoms with E-state index in [1.54, 1.807) is 35.0 Å². The summed E-state index contributed by atoms with van der Waals surface area (Å²) in [5.74, 6) is -0.331. The summed E-state index contributed by atoms with van der Waals surface area (Å²) in [6, 6.07) is 19.0. The summed E-state index contributed by atoms with van der Waals surface area (Å²) >= 11 is 0. The average molecular weight is 508 g/mol. The quantitative estimate of drug-likeness (QED) is 0.437. The average Bonchev–Trinajstić information content (AvgIpc) is 3.36. The number of nitriles is 1. The number of hydrogen-bond acceptors (Lipinski definition) is 6. The molecule has 2 amide bonds. The Morgan fingerprint density at radius 2 is 1.74 bits per heavy atom. The van der Waals surface area contributed by atoms with Crippen LogP contribution in [0, 0.1) is 11.3 Å². The van der Waals surface area contributed by atoms with Crippen LogP contribution in [-0.2, 0) is 4.79 Å². The third kappa shape index (κ3) is 4.99. The van der Waals surface area contributed by atoms with Crippen LogP contribution >= 0.6 is 0 Å². The number of rotatable bonds is 5. The number of nitrogens with one attached hydrogen (secondary N) is 1. The summed E-state index contributed by atoms with van der Waals surface area (Å²) in [5.41, 5.74) is 5.31. The molecule has 3 heterocycles. The number of carbonyl (C=O) groups excluding carboxylic acids is 2. The Morgan fingerprint density at radius 1 is 1.03 bits per heavy atom. The van der Waals surface area contributed by atoms with E-state index < -0.39 is 0 Å². The summed E-state index contributed by atoms with van der Waals surface area (Å²) in [7, 11) is 4.14. The van der Waals surface area contributed by atoms with Gasteiger partial charge in [0.05, 0.1) is 40.5 Å². The molecule has 2 aromatic carbocycles. The van der Waals surface area contributed by atoms with Crippen LogP contribution in [0.3, 0.4) is 0 Å². The van der Waals surface area contributed by atoms with E-state index in [0.717, 1.165) is 29.7 Å². The van der Waals surface area contributed by atoms with E-state index in [2.05, 4.69) is 35.4 Å². The molecule has 2 aromatic heterocycles. The van der Waals surface area contributed by atoms with Gasteiger partial charge in [0.2, 0.25) is 5.91 Å². The van der Waals surface area contributed by atoms with Gasteiger partial charge in [0.15, 0.2) is 5.65 Å². The van der Waals surface area contributed by atoms with Crippen molar-refractivity contribution in [3.8, 4) is 28.6 Å². The molecular formula is C29H29N7O2. The number of nitrogens with zero attached hydrogens (tertiary/aromatic N) is 6. The van der Waals surface area contributed by atoms with Gasteiger partial charge in [-0.3, -0.25) is 9.59 Å². The molecule has 0 spiro atoms. The molecule has 0 aliphatic carbocycles. The highest BCUT2D eigenvalue weighted by Crippen LogP contribution is 2.28.